The van der Waals surface area contributed by atoms with E-state index in [2.05, 4.69) is 15.3 Å². The van der Waals surface area contributed by atoms with E-state index in [0.717, 1.165) is 0 Å². The minimum atomic E-state index is -3.86. The van der Waals surface area contributed by atoms with Gasteiger partial charge in [0.15, 0.2) is 5.82 Å². The first-order valence-corrected chi connectivity index (χ1v) is 12.7. The van der Waals surface area contributed by atoms with Gasteiger partial charge in [0.05, 0.1) is 23.9 Å². The van der Waals surface area contributed by atoms with E-state index in [0.29, 0.717) is 28.0 Å². The molecule has 1 aromatic heterocycles. The first kappa shape index (κ1) is 21.9. The second-order valence-electron chi connectivity index (χ2n) is 6.84. The molecule has 0 aliphatic carbocycles. The number of methoxy groups -OCH3 is 1. The van der Waals surface area contributed by atoms with Crippen molar-refractivity contribution < 1.29 is 21.6 Å². The molecule has 0 saturated heterocycles. The third kappa shape index (κ3) is 5.88. The molecule has 0 bridgehead atoms. The van der Waals surface area contributed by atoms with Gasteiger partial charge in [-0.1, -0.05) is 18.2 Å². The van der Waals surface area contributed by atoms with Crippen molar-refractivity contribution in [3.05, 3.63) is 53.7 Å². The monoisotopic (exact) mass is 450 g/mol. The van der Waals surface area contributed by atoms with Gasteiger partial charge in [-0.3, -0.25) is 0 Å². The number of nitrogens with one attached hydrogen (secondary N) is 1. The lowest BCUT2D eigenvalue weighted by Crippen LogP contribution is -2.17. The number of primary sulfonamides is 1. The number of nitrogens with two attached hydrogens (primary N) is 1. The van der Waals surface area contributed by atoms with Gasteiger partial charge in [-0.15, -0.1) is 0 Å². The van der Waals surface area contributed by atoms with E-state index in [1.165, 1.54) is 13.4 Å². The van der Waals surface area contributed by atoms with Gasteiger partial charge in [-0.2, -0.15) is 0 Å². The van der Waals surface area contributed by atoms with Crippen molar-refractivity contribution >= 4 is 42.4 Å². The second-order valence-corrected chi connectivity index (χ2v) is 10.7. The summed E-state index contributed by atoms with van der Waals surface area (Å²) in [6.45, 7) is 0. The zero-order valence-electron chi connectivity index (χ0n) is 16.5. The molecule has 2 aromatic carbocycles. The smallest absolute Gasteiger partial charge is 0.214 e. The molecule has 0 fully saturated rings. The summed E-state index contributed by atoms with van der Waals surface area (Å²) in [6, 6.07) is 12.2. The highest BCUT2D eigenvalue weighted by molar-refractivity contribution is 7.90. The highest BCUT2D eigenvalue weighted by Gasteiger charge is 2.17. The van der Waals surface area contributed by atoms with Gasteiger partial charge >= 0.3 is 0 Å². The summed E-state index contributed by atoms with van der Waals surface area (Å²) in [7, 11) is -5.52. The Labute approximate surface area is 175 Å². The van der Waals surface area contributed by atoms with Crippen LogP contribution in [0, 0.1) is 0 Å². The minimum Gasteiger partial charge on any atom is -0.497 e. The summed E-state index contributed by atoms with van der Waals surface area (Å²) in [6.07, 6.45) is 1.43. The molecule has 3 N–H and O–H groups in total. The molecule has 0 amide bonds. The number of benzene rings is 2. The third-order valence-electron chi connectivity index (χ3n) is 4.29. The Balaban J connectivity index is 2.08. The summed E-state index contributed by atoms with van der Waals surface area (Å²) < 4.78 is 51.9. The van der Waals surface area contributed by atoms with Gasteiger partial charge in [-0.05, 0) is 30.2 Å². The molecule has 160 valence electrons. The lowest BCUT2D eigenvalue weighted by molar-refractivity contribution is 0.415. The lowest BCUT2D eigenvalue weighted by atomic mass is 10.1. The summed E-state index contributed by atoms with van der Waals surface area (Å²) in [5.41, 5.74) is 2.51. The number of aryl methyl sites for hydroxylation is 1. The van der Waals surface area contributed by atoms with Gasteiger partial charge < -0.3 is 10.1 Å². The van der Waals surface area contributed by atoms with Gasteiger partial charge in [0.2, 0.25) is 10.0 Å². The number of para-hydroxylation sites is 2. The maximum atomic E-state index is 11.7. The zero-order valence-corrected chi connectivity index (χ0v) is 18.1. The van der Waals surface area contributed by atoms with Gasteiger partial charge in [-0.25, -0.2) is 31.9 Å². The van der Waals surface area contributed by atoms with E-state index < -0.39 is 25.6 Å². The summed E-state index contributed by atoms with van der Waals surface area (Å²) >= 11 is 0. The van der Waals surface area contributed by atoms with Crippen molar-refractivity contribution in [2.45, 2.75) is 12.2 Å². The average molecular weight is 451 g/mol. The molecule has 0 radical (unpaired) electrons. The Hall–Kier alpha value is -2.76. The Kier molecular flexibility index (Phi) is 6.25. The van der Waals surface area contributed by atoms with Crippen LogP contribution in [-0.2, 0) is 32.0 Å². The number of hydrogen-bond acceptors (Lipinski definition) is 8. The summed E-state index contributed by atoms with van der Waals surface area (Å²) in [4.78, 5) is 8.91. The Morgan fingerprint density at radius 3 is 2.30 bits per heavy atom. The van der Waals surface area contributed by atoms with E-state index >= 15 is 0 Å². The number of aromatic nitrogens is 2. The van der Waals surface area contributed by atoms with E-state index in [9.17, 15) is 16.8 Å². The molecular formula is C19H22N4O5S2. The first-order valence-electron chi connectivity index (χ1n) is 8.92. The molecule has 11 heteroatoms. The van der Waals surface area contributed by atoms with Gasteiger partial charge in [0.1, 0.15) is 27.0 Å². The third-order valence-corrected chi connectivity index (χ3v) is 5.91. The van der Waals surface area contributed by atoms with Crippen molar-refractivity contribution in [2.24, 2.45) is 5.14 Å². The van der Waals surface area contributed by atoms with Crippen LogP contribution >= 0.6 is 0 Å². The molecule has 30 heavy (non-hydrogen) atoms. The molecule has 3 aromatic rings. The fourth-order valence-electron chi connectivity index (χ4n) is 2.87. The predicted molar refractivity (Wildman–Crippen MR) is 116 cm³/mol. The molecule has 0 aliphatic rings. The summed E-state index contributed by atoms with van der Waals surface area (Å²) in [5, 5.41) is 8.33. The normalized spacial score (nSPS) is 12.1. The molecule has 3 rings (SSSR count). The highest BCUT2D eigenvalue weighted by atomic mass is 32.2. The molecule has 0 atom stereocenters. The fourth-order valence-corrected chi connectivity index (χ4v) is 4.04. The number of rotatable bonds is 8. The molecule has 1 heterocycles. The largest absolute Gasteiger partial charge is 0.497 e. The van der Waals surface area contributed by atoms with Crippen molar-refractivity contribution in [1.29, 1.82) is 0 Å². The standard InChI is InChI=1S/C19H22N4O5S2/c1-28-14-8-7-13(9-10-29(2,24)25)17(11-14)23-19-18(12-30(20,26)27)21-15-5-3-4-6-16(15)22-19/h3-8,11H,9-10,12H2,1-2H3,(H,22,23)(H2,20,26,27). The Morgan fingerprint density at radius 1 is 1.03 bits per heavy atom. The second kappa shape index (κ2) is 8.54. The van der Waals surface area contributed by atoms with Crippen LogP contribution in [-0.4, -0.2) is 45.9 Å². The fraction of sp³-hybridized carbons (Fsp3) is 0.263. The highest BCUT2D eigenvalue weighted by Crippen LogP contribution is 2.28. The van der Waals surface area contributed by atoms with E-state index in [-0.39, 0.29) is 23.7 Å². The van der Waals surface area contributed by atoms with E-state index in [4.69, 9.17) is 9.88 Å². The quantitative estimate of drug-likeness (QED) is 0.529. The zero-order chi connectivity index (χ0) is 21.9. The van der Waals surface area contributed by atoms with Crippen LogP contribution in [0.5, 0.6) is 5.75 Å². The number of sulfone groups is 1. The lowest BCUT2D eigenvalue weighted by Gasteiger charge is -2.15. The molecule has 0 saturated carbocycles. The van der Waals surface area contributed by atoms with Crippen LogP contribution in [0.15, 0.2) is 42.5 Å². The molecule has 9 nitrogen and oxygen atoms in total. The minimum absolute atomic E-state index is 0.0402. The van der Waals surface area contributed by atoms with Crippen LogP contribution in [0.4, 0.5) is 11.5 Å². The number of hydrogen-bond donors (Lipinski definition) is 2. The van der Waals surface area contributed by atoms with Crippen LogP contribution < -0.4 is 15.2 Å². The maximum Gasteiger partial charge on any atom is 0.214 e. The van der Waals surface area contributed by atoms with E-state index in [1.54, 1.807) is 42.5 Å². The summed E-state index contributed by atoms with van der Waals surface area (Å²) in [5.74, 6) is 0.219. The van der Waals surface area contributed by atoms with Gasteiger partial charge in [0, 0.05) is 18.0 Å². The van der Waals surface area contributed by atoms with Crippen LogP contribution in [0.3, 0.4) is 0 Å². The van der Waals surface area contributed by atoms with Crippen LogP contribution in [0.1, 0.15) is 11.3 Å². The number of sulfonamides is 1. The number of ether oxygens (including phenoxy) is 1. The van der Waals surface area contributed by atoms with Crippen molar-refractivity contribution in [1.82, 2.24) is 9.97 Å². The van der Waals surface area contributed by atoms with Gasteiger partial charge in [0.25, 0.3) is 0 Å². The average Bonchev–Trinajstić information content (AvgIpc) is 2.65. The van der Waals surface area contributed by atoms with Crippen LogP contribution in [0.25, 0.3) is 11.0 Å². The molecule has 0 unspecified atom stereocenters. The first-order chi connectivity index (χ1) is 14.0. The van der Waals surface area contributed by atoms with Crippen molar-refractivity contribution in [2.75, 3.05) is 24.4 Å². The van der Waals surface area contributed by atoms with Crippen molar-refractivity contribution in [3.8, 4) is 5.75 Å². The van der Waals surface area contributed by atoms with Crippen molar-refractivity contribution in [3.63, 3.8) is 0 Å². The number of nitrogens with zero attached hydrogens (tertiary/aromatic N) is 2. The molecule has 0 aliphatic heterocycles. The SMILES string of the molecule is COc1ccc(CCS(C)(=O)=O)c(Nc2nc3ccccc3nc2CS(N)(=O)=O)c1. The molecular weight excluding hydrogens is 428 g/mol. The number of anilines is 2. The topological polar surface area (TPSA) is 141 Å². The van der Waals surface area contributed by atoms with E-state index in [1.807, 2.05) is 0 Å². The Bertz CT molecular complexity index is 1290. The Morgan fingerprint density at radius 2 is 1.70 bits per heavy atom. The molecule has 0 spiro atoms. The predicted octanol–water partition coefficient (Wildman–Crippen LogP) is 1.76. The van der Waals surface area contributed by atoms with Crippen LogP contribution in [0.2, 0.25) is 0 Å². The number of fused-ring (bicyclic) bond motifs is 1. The maximum absolute atomic E-state index is 11.7.